The molecule has 0 saturated carbocycles. The van der Waals surface area contributed by atoms with Crippen LogP contribution < -0.4 is 15.4 Å². The molecule has 1 aliphatic heterocycles. The summed E-state index contributed by atoms with van der Waals surface area (Å²) in [6.07, 6.45) is 1.86. The quantitative estimate of drug-likeness (QED) is 0.0631. The van der Waals surface area contributed by atoms with E-state index in [2.05, 4.69) is 10.6 Å². The number of rotatable bonds is 31. The maximum absolute atomic E-state index is 13.3. The van der Waals surface area contributed by atoms with E-state index in [1.807, 2.05) is 27.7 Å². The number of likely N-dealkylation sites (tertiary alicyclic amines) is 1. The normalized spacial score (nSPS) is 14.0. The van der Waals surface area contributed by atoms with Crippen LogP contribution in [0.4, 0.5) is 0 Å². The van der Waals surface area contributed by atoms with Crippen LogP contribution in [-0.2, 0) is 63.7 Å². The highest BCUT2D eigenvalue weighted by Crippen LogP contribution is 2.28. The van der Waals surface area contributed by atoms with Crippen LogP contribution in [0.5, 0.6) is 5.75 Å². The molecule has 0 bridgehead atoms. The average Bonchev–Trinajstić information content (AvgIpc) is 3.71. The number of thioether (sulfide) groups is 1. The van der Waals surface area contributed by atoms with E-state index in [9.17, 15) is 33.6 Å². The van der Waals surface area contributed by atoms with E-state index in [0.29, 0.717) is 48.0 Å². The minimum absolute atomic E-state index is 0.00105. The number of fused-ring (bicyclic) bond motifs is 1. The number of nitrogens with one attached hydrogen (secondary N) is 2. The van der Waals surface area contributed by atoms with Crippen molar-refractivity contribution in [2.45, 2.75) is 59.3 Å². The largest absolute Gasteiger partial charge is 0.492 e. The highest BCUT2D eigenvalue weighted by molar-refractivity contribution is 8.01. The summed E-state index contributed by atoms with van der Waals surface area (Å²) in [4.78, 5) is 87.9. The van der Waals surface area contributed by atoms with Gasteiger partial charge in [-0.15, -0.1) is 11.8 Å². The number of ether oxygens (including phenoxy) is 7. The van der Waals surface area contributed by atoms with Crippen molar-refractivity contribution < 1.29 is 66.7 Å². The van der Waals surface area contributed by atoms with Crippen LogP contribution >= 0.6 is 11.8 Å². The molecule has 0 aliphatic carbocycles. The van der Waals surface area contributed by atoms with Gasteiger partial charge >= 0.3 is 11.9 Å². The number of aromatic nitrogens is 1. The molecule has 4 amide bonds. The Hall–Kier alpha value is -4.56. The molecular formula is C41H60N4O14S. The Labute approximate surface area is 354 Å². The summed E-state index contributed by atoms with van der Waals surface area (Å²) in [5, 5.41) is 5.33. The third kappa shape index (κ3) is 18.4. The first-order chi connectivity index (χ1) is 28.8. The van der Waals surface area contributed by atoms with Gasteiger partial charge in [0.25, 0.3) is 0 Å². The van der Waals surface area contributed by atoms with E-state index in [1.54, 1.807) is 29.7 Å². The maximum Gasteiger partial charge on any atom is 0.340 e. The summed E-state index contributed by atoms with van der Waals surface area (Å²) in [5.41, 5.74) is 0.654. The lowest BCUT2D eigenvalue weighted by atomic mass is 10.1. The van der Waals surface area contributed by atoms with Crippen molar-refractivity contribution in [3.8, 4) is 5.75 Å². The van der Waals surface area contributed by atoms with Gasteiger partial charge in [0.2, 0.25) is 23.6 Å². The second kappa shape index (κ2) is 27.3. The predicted molar refractivity (Wildman–Crippen MR) is 221 cm³/mol. The lowest BCUT2D eigenvalue weighted by Gasteiger charge is -2.15. The van der Waals surface area contributed by atoms with Crippen LogP contribution in [0.15, 0.2) is 24.4 Å². The number of ketones is 1. The summed E-state index contributed by atoms with van der Waals surface area (Å²) in [6, 6.07) is 4.90. The zero-order valence-electron chi connectivity index (χ0n) is 35.3. The van der Waals surface area contributed by atoms with Gasteiger partial charge in [0.1, 0.15) is 51.1 Å². The fourth-order valence-corrected chi connectivity index (χ4v) is 6.53. The molecule has 1 atom stereocenters. The number of imide groups is 1. The Kier molecular flexibility index (Phi) is 22.7. The topological polar surface area (TPSA) is 216 Å². The van der Waals surface area contributed by atoms with Crippen molar-refractivity contribution in [2.75, 3.05) is 98.1 Å². The fraction of sp³-hybridized carbons (Fsp3) is 0.634. The van der Waals surface area contributed by atoms with E-state index in [0.717, 1.165) is 4.90 Å². The van der Waals surface area contributed by atoms with Gasteiger partial charge in [-0.25, -0.2) is 4.79 Å². The predicted octanol–water partition coefficient (Wildman–Crippen LogP) is 2.17. The van der Waals surface area contributed by atoms with Gasteiger partial charge < -0.3 is 48.4 Å². The summed E-state index contributed by atoms with van der Waals surface area (Å²) in [6.45, 7) is 11.2. The molecule has 60 heavy (non-hydrogen) atoms. The molecule has 334 valence electrons. The van der Waals surface area contributed by atoms with Crippen LogP contribution in [0.3, 0.4) is 0 Å². The monoisotopic (exact) mass is 864 g/mol. The summed E-state index contributed by atoms with van der Waals surface area (Å²) >= 11 is 1.17. The van der Waals surface area contributed by atoms with Crippen LogP contribution in [0.1, 0.15) is 57.8 Å². The van der Waals surface area contributed by atoms with Crippen molar-refractivity contribution in [3.05, 3.63) is 30.0 Å². The van der Waals surface area contributed by atoms with Crippen LogP contribution in [0.2, 0.25) is 0 Å². The lowest BCUT2D eigenvalue weighted by Crippen LogP contribution is -2.35. The van der Waals surface area contributed by atoms with Crippen LogP contribution in [0, 0.1) is 11.8 Å². The third-order valence-corrected chi connectivity index (χ3v) is 9.83. The van der Waals surface area contributed by atoms with E-state index in [4.69, 9.17) is 33.2 Å². The molecule has 19 heteroatoms. The fourth-order valence-electron chi connectivity index (χ4n) is 5.41. The smallest absolute Gasteiger partial charge is 0.340 e. The second-order valence-corrected chi connectivity index (χ2v) is 15.8. The molecule has 1 fully saturated rings. The number of hydrogen-bond acceptors (Lipinski definition) is 15. The van der Waals surface area contributed by atoms with E-state index in [-0.39, 0.29) is 133 Å². The van der Waals surface area contributed by atoms with Crippen molar-refractivity contribution in [1.29, 1.82) is 0 Å². The number of amides is 4. The van der Waals surface area contributed by atoms with Gasteiger partial charge in [-0.05, 0) is 30.0 Å². The van der Waals surface area contributed by atoms with Crippen molar-refractivity contribution >= 4 is 64.0 Å². The Balaban J connectivity index is 1.54. The minimum atomic E-state index is -0.683. The minimum Gasteiger partial charge on any atom is -0.492 e. The van der Waals surface area contributed by atoms with E-state index < -0.39 is 17.2 Å². The van der Waals surface area contributed by atoms with Gasteiger partial charge in [-0.1, -0.05) is 34.6 Å². The van der Waals surface area contributed by atoms with Gasteiger partial charge in [-0.3, -0.25) is 33.7 Å². The third-order valence-electron chi connectivity index (χ3n) is 8.57. The molecular weight excluding hydrogens is 805 g/mol. The maximum atomic E-state index is 13.3. The number of carbonyl (C=O) groups is 7. The van der Waals surface area contributed by atoms with Crippen molar-refractivity contribution in [3.63, 3.8) is 0 Å². The molecule has 1 aromatic heterocycles. The van der Waals surface area contributed by atoms with Gasteiger partial charge in [0.05, 0.1) is 62.8 Å². The molecule has 1 saturated heterocycles. The number of Topliss-reactive ketones (excluding diaryl/α,β-unsaturated/α-hetero) is 1. The first-order valence-electron chi connectivity index (χ1n) is 20.2. The van der Waals surface area contributed by atoms with E-state index in [1.165, 1.54) is 18.0 Å². The van der Waals surface area contributed by atoms with Crippen LogP contribution in [0.25, 0.3) is 10.9 Å². The second-order valence-electron chi connectivity index (χ2n) is 14.6. The molecule has 2 aromatic rings. The first-order valence-corrected chi connectivity index (χ1v) is 21.2. The van der Waals surface area contributed by atoms with Crippen molar-refractivity contribution in [1.82, 2.24) is 20.1 Å². The highest BCUT2D eigenvalue weighted by Gasteiger charge is 2.38. The van der Waals surface area contributed by atoms with Crippen LogP contribution in [-0.4, -0.2) is 154 Å². The van der Waals surface area contributed by atoms with Gasteiger partial charge in [0.15, 0.2) is 0 Å². The summed E-state index contributed by atoms with van der Waals surface area (Å²) in [7, 11) is 0. The Bertz CT molecular complexity index is 1730. The zero-order chi connectivity index (χ0) is 43.9. The molecule has 0 spiro atoms. The first kappa shape index (κ1) is 49.8. The summed E-state index contributed by atoms with van der Waals surface area (Å²) < 4.78 is 39.8. The zero-order valence-corrected chi connectivity index (χ0v) is 36.1. The van der Waals surface area contributed by atoms with Gasteiger partial charge in [0, 0.05) is 43.0 Å². The van der Waals surface area contributed by atoms with Gasteiger partial charge in [-0.2, -0.15) is 0 Å². The number of carbonyl (C=O) groups excluding carboxylic acids is 7. The SMILES string of the molecule is CCC(=O)CSC1CC(=O)N(CCOc2ccc3c(c2)c(C(=O)OCCOCCOCC(=O)NCC(C)C)cn3CC(=O)OCCOCCOCC(=O)NCC(C)C)C1=O. The highest BCUT2D eigenvalue weighted by atomic mass is 32.2. The average molecular weight is 865 g/mol. The Morgan fingerprint density at radius 3 is 1.97 bits per heavy atom. The lowest BCUT2D eigenvalue weighted by molar-refractivity contribution is -0.146. The molecule has 2 N–H and O–H groups in total. The number of esters is 2. The number of hydrogen-bond donors (Lipinski definition) is 2. The Morgan fingerprint density at radius 2 is 1.37 bits per heavy atom. The number of nitrogens with zero attached hydrogens (tertiary/aromatic N) is 2. The standard InChI is InChI=1S/C41H60N4O14S/c1-6-30(46)27-60-35-20-38(49)45(40(35)51)9-10-57-31-7-8-34-32(19-31)33(41(52)59-18-16-54-12-14-56-26-37(48)43-22-29(4)5)23-44(34)24-39(50)58-17-15-53-11-13-55-25-36(47)42-21-28(2)3/h7-8,19,23,28-29,35H,6,9-18,20-22,24-27H2,1-5H3,(H,42,47)(H,43,48). The molecule has 1 unspecified atom stereocenters. The molecule has 18 nitrogen and oxygen atoms in total. The molecule has 2 heterocycles. The molecule has 0 radical (unpaired) electrons. The Morgan fingerprint density at radius 1 is 0.783 bits per heavy atom. The van der Waals surface area contributed by atoms with Crippen molar-refractivity contribution in [2.24, 2.45) is 11.8 Å². The number of benzene rings is 1. The summed E-state index contributed by atoms with van der Waals surface area (Å²) in [5.74, 6) is -1.21. The molecule has 3 rings (SSSR count). The molecule has 1 aliphatic rings. The van der Waals surface area contributed by atoms with E-state index >= 15 is 0 Å². The molecule has 1 aromatic carbocycles.